The first-order valence-electron chi connectivity index (χ1n) is 13.6. The molecule has 3 rings (SSSR count). The number of nitrogens with zero attached hydrogens (tertiary/aromatic N) is 1. The summed E-state index contributed by atoms with van der Waals surface area (Å²) >= 11 is 6.09. The number of carbonyl (C=O) groups is 2. The molecule has 2 aromatic rings. The smallest absolute Gasteiger partial charge is 0.247 e. The number of carbonyl (C=O) groups excluding carboxylic acids is 2. The summed E-state index contributed by atoms with van der Waals surface area (Å²) in [7, 11) is 4.72. The van der Waals surface area contributed by atoms with Crippen LogP contribution >= 0.6 is 11.6 Å². The zero-order valence-electron chi connectivity index (χ0n) is 23.5. The van der Waals surface area contributed by atoms with Gasteiger partial charge in [-0.25, -0.2) is 0 Å². The molecule has 39 heavy (non-hydrogen) atoms. The normalized spacial score (nSPS) is 14.6. The van der Waals surface area contributed by atoms with Crippen LogP contribution in [0.1, 0.15) is 62.6 Å². The van der Waals surface area contributed by atoms with E-state index in [0.29, 0.717) is 41.6 Å². The van der Waals surface area contributed by atoms with Crippen LogP contribution in [0, 0.1) is 0 Å². The number of nitrogens with one attached hydrogen (secondary N) is 1. The summed E-state index contributed by atoms with van der Waals surface area (Å²) in [6.07, 6.45) is 6.86. The molecule has 0 aromatic heterocycles. The molecule has 1 atom stereocenters. The summed E-state index contributed by atoms with van der Waals surface area (Å²) in [5.74, 6) is 1.51. The largest absolute Gasteiger partial charge is 0.493 e. The molecule has 1 N–H and O–H groups in total. The monoisotopic (exact) mass is 560 g/mol. The van der Waals surface area contributed by atoms with Crippen LogP contribution in [0.2, 0.25) is 0 Å². The third-order valence-corrected chi connectivity index (χ3v) is 7.32. The van der Waals surface area contributed by atoms with E-state index in [9.17, 15) is 9.59 Å². The van der Waals surface area contributed by atoms with E-state index in [4.69, 9.17) is 30.5 Å². The molecule has 0 spiro atoms. The minimum Gasteiger partial charge on any atom is -0.493 e. The second-order valence-electron chi connectivity index (χ2n) is 9.60. The lowest BCUT2D eigenvalue weighted by Crippen LogP contribution is -2.47. The highest BCUT2D eigenvalue weighted by atomic mass is 35.5. The fourth-order valence-corrected chi connectivity index (χ4v) is 5.22. The maximum absolute atomic E-state index is 13.9. The van der Waals surface area contributed by atoms with E-state index in [-0.39, 0.29) is 30.3 Å². The van der Waals surface area contributed by atoms with E-state index < -0.39 is 6.04 Å². The van der Waals surface area contributed by atoms with Crippen LogP contribution in [0.3, 0.4) is 0 Å². The zero-order valence-corrected chi connectivity index (χ0v) is 24.2. The van der Waals surface area contributed by atoms with Crippen molar-refractivity contribution in [2.24, 2.45) is 0 Å². The van der Waals surface area contributed by atoms with Crippen LogP contribution in [0.4, 0.5) is 0 Å². The second kappa shape index (κ2) is 15.5. The molecule has 9 heteroatoms. The summed E-state index contributed by atoms with van der Waals surface area (Å²) in [4.78, 5) is 28.8. The van der Waals surface area contributed by atoms with E-state index in [1.54, 1.807) is 38.4 Å². The molecule has 1 aliphatic rings. The summed E-state index contributed by atoms with van der Waals surface area (Å²) in [5.41, 5.74) is 1.57. The van der Waals surface area contributed by atoms with Gasteiger partial charge in [-0.3, -0.25) is 9.59 Å². The molecular formula is C30H41ClN2O6. The fourth-order valence-electron chi connectivity index (χ4n) is 5.07. The first kappa shape index (κ1) is 30.4. The Kier molecular flexibility index (Phi) is 12.1. The van der Waals surface area contributed by atoms with Crippen molar-refractivity contribution in [3.8, 4) is 23.0 Å². The fraction of sp³-hybridized carbons (Fsp3) is 0.533. The van der Waals surface area contributed by atoms with Gasteiger partial charge in [-0.1, -0.05) is 37.8 Å². The molecule has 2 aromatic carbocycles. The number of methoxy groups -OCH3 is 3. The van der Waals surface area contributed by atoms with Gasteiger partial charge in [0.15, 0.2) is 23.0 Å². The maximum atomic E-state index is 13.9. The van der Waals surface area contributed by atoms with Gasteiger partial charge < -0.3 is 29.2 Å². The lowest BCUT2D eigenvalue weighted by Gasteiger charge is -2.32. The number of benzene rings is 2. The van der Waals surface area contributed by atoms with E-state index >= 15 is 0 Å². The zero-order chi connectivity index (χ0) is 28.2. The van der Waals surface area contributed by atoms with Crippen LogP contribution in [0.15, 0.2) is 36.4 Å². The molecule has 1 unspecified atom stereocenters. The standard InChI is InChI=1S/C30H41ClN2O6/c1-5-39-25-15-13-22(19-27(25)38-4)29(30(35)32-23-10-8-6-7-9-11-23)33(28(34)20-31)17-16-21-12-14-24(36-2)26(18-21)37-3/h12-15,18-19,23,29H,5-11,16-17,20H2,1-4H3,(H,32,35). The number of ether oxygens (including phenoxy) is 4. The topological polar surface area (TPSA) is 86.3 Å². The molecule has 0 saturated heterocycles. The summed E-state index contributed by atoms with van der Waals surface area (Å²) < 4.78 is 22.0. The Labute approximate surface area is 236 Å². The molecule has 0 heterocycles. The molecule has 1 aliphatic carbocycles. The van der Waals surface area contributed by atoms with Crippen molar-refractivity contribution in [2.45, 2.75) is 64.0 Å². The molecule has 1 saturated carbocycles. The highest BCUT2D eigenvalue weighted by Gasteiger charge is 2.33. The Morgan fingerprint density at radius 1 is 0.923 bits per heavy atom. The number of amides is 2. The molecule has 8 nitrogen and oxygen atoms in total. The Balaban J connectivity index is 1.96. The quantitative estimate of drug-likeness (QED) is 0.264. The predicted octanol–water partition coefficient (Wildman–Crippen LogP) is 5.30. The van der Waals surface area contributed by atoms with Gasteiger partial charge in [0, 0.05) is 12.6 Å². The van der Waals surface area contributed by atoms with Gasteiger partial charge in [-0.2, -0.15) is 0 Å². The van der Waals surface area contributed by atoms with Gasteiger partial charge in [0.2, 0.25) is 11.8 Å². The van der Waals surface area contributed by atoms with Crippen molar-refractivity contribution in [2.75, 3.05) is 40.4 Å². The Morgan fingerprint density at radius 3 is 2.18 bits per heavy atom. The summed E-state index contributed by atoms with van der Waals surface area (Å²) in [6, 6.07) is 10.2. The summed E-state index contributed by atoms with van der Waals surface area (Å²) in [5, 5.41) is 3.24. The number of halogens is 1. The highest BCUT2D eigenvalue weighted by molar-refractivity contribution is 6.27. The molecule has 2 amide bonds. The maximum Gasteiger partial charge on any atom is 0.247 e. The van der Waals surface area contributed by atoms with Gasteiger partial charge in [0.05, 0.1) is 27.9 Å². The van der Waals surface area contributed by atoms with Crippen LogP contribution in [0.5, 0.6) is 23.0 Å². The highest BCUT2D eigenvalue weighted by Crippen LogP contribution is 2.34. The van der Waals surface area contributed by atoms with Crippen molar-refractivity contribution in [3.63, 3.8) is 0 Å². The first-order chi connectivity index (χ1) is 18.9. The Bertz CT molecular complexity index is 1090. The average molecular weight is 561 g/mol. The molecule has 0 bridgehead atoms. The van der Waals surface area contributed by atoms with Gasteiger partial charge >= 0.3 is 0 Å². The minimum absolute atomic E-state index is 0.0749. The Hall–Kier alpha value is -3.13. The molecule has 214 valence electrons. The van der Waals surface area contributed by atoms with E-state index in [2.05, 4.69) is 5.32 Å². The van der Waals surface area contributed by atoms with Gasteiger partial charge in [0.1, 0.15) is 11.9 Å². The first-order valence-corrected chi connectivity index (χ1v) is 14.2. The Morgan fingerprint density at radius 2 is 1.56 bits per heavy atom. The van der Waals surface area contributed by atoms with E-state index in [1.165, 1.54) is 12.8 Å². The van der Waals surface area contributed by atoms with Crippen LogP contribution in [-0.2, 0) is 16.0 Å². The summed E-state index contributed by atoms with van der Waals surface area (Å²) in [6.45, 7) is 2.65. The lowest BCUT2D eigenvalue weighted by atomic mass is 10.0. The van der Waals surface area contributed by atoms with Gasteiger partial charge in [0.25, 0.3) is 0 Å². The molecule has 1 fully saturated rings. The predicted molar refractivity (Wildman–Crippen MR) is 152 cm³/mol. The van der Waals surface area contributed by atoms with E-state index in [0.717, 1.165) is 31.2 Å². The molecule has 0 radical (unpaired) electrons. The van der Waals surface area contributed by atoms with Crippen molar-refractivity contribution in [3.05, 3.63) is 47.5 Å². The SMILES string of the molecule is CCOc1ccc(C(C(=O)NC2CCCCCC2)N(CCc2ccc(OC)c(OC)c2)C(=O)CCl)cc1OC. The van der Waals surface area contributed by atoms with E-state index in [1.807, 2.05) is 31.2 Å². The van der Waals surface area contributed by atoms with Crippen LogP contribution < -0.4 is 24.3 Å². The third-order valence-electron chi connectivity index (χ3n) is 7.09. The molecular weight excluding hydrogens is 520 g/mol. The lowest BCUT2D eigenvalue weighted by molar-refractivity contribution is -0.139. The molecule has 0 aliphatic heterocycles. The van der Waals surface area contributed by atoms with Gasteiger partial charge in [-0.05, 0) is 61.6 Å². The van der Waals surface area contributed by atoms with Crippen molar-refractivity contribution in [1.29, 1.82) is 0 Å². The minimum atomic E-state index is -0.885. The number of hydrogen-bond donors (Lipinski definition) is 1. The second-order valence-corrected chi connectivity index (χ2v) is 9.87. The van der Waals surface area contributed by atoms with Crippen molar-refractivity contribution in [1.82, 2.24) is 10.2 Å². The van der Waals surface area contributed by atoms with Gasteiger partial charge in [-0.15, -0.1) is 11.6 Å². The third kappa shape index (κ3) is 8.18. The van der Waals surface area contributed by atoms with Crippen molar-refractivity contribution < 1.29 is 28.5 Å². The number of rotatable bonds is 13. The van der Waals surface area contributed by atoms with Crippen LogP contribution in [0.25, 0.3) is 0 Å². The number of alkyl halides is 1. The van der Waals surface area contributed by atoms with Crippen LogP contribution in [-0.4, -0.2) is 63.1 Å². The van der Waals surface area contributed by atoms with Crippen molar-refractivity contribution >= 4 is 23.4 Å². The number of hydrogen-bond acceptors (Lipinski definition) is 6. The average Bonchev–Trinajstić information content (AvgIpc) is 3.23.